The molecule has 0 unspecified atom stereocenters. The largest absolute Gasteiger partial charge is 0.481 e. The third-order valence-electron chi connectivity index (χ3n) is 3.33. The second-order valence-electron chi connectivity index (χ2n) is 4.86. The second-order valence-corrected chi connectivity index (χ2v) is 4.86. The number of carboxylic acids is 1. The van der Waals surface area contributed by atoms with E-state index in [0.29, 0.717) is 0 Å². The molecule has 0 amide bonds. The van der Waals surface area contributed by atoms with Crippen LogP contribution in [0.4, 0.5) is 0 Å². The molecule has 2 N–H and O–H groups in total. The lowest BCUT2D eigenvalue weighted by atomic mass is 10.0. The predicted octanol–water partition coefficient (Wildman–Crippen LogP) is 3.55. The molecule has 0 aliphatic carbocycles. The Kier molecular flexibility index (Phi) is 4.91. The Morgan fingerprint density at radius 1 is 1.00 bits per heavy atom. The maximum absolute atomic E-state index is 11.1. The van der Waals surface area contributed by atoms with E-state index in [9.17, 15) is 4.79 Å². The smallest absolute Gasteiger partial charge is 0.305 e. The van der Waals surface area contributed by atoms with Crippen LogP contribution in [0.2, 0.25) is 0 Å². The van der Waals surface area contributed by atoms with Crippen LogP contribution in [0.5, 0.6) is 0 Å². The molecule has 2 aromatic rings. The molecule has 3 heteroatoms. The van der Waals surface area contributed by atoms with E-state index in [0.717, 1.165) is 11.1 Å². The van der Waals surface area contributed by atoms with E-state index in [2.05, 4.69) is 5.32 Å². The lowest BCUT2D eigenvalue weighted by molar-refractivity contribution is -0.137. The van der Waals surface area contributed by atoms with E-state index < -0.39 is 5.97 Å². The van der Waals surface area contributed by atoms with Crippen molar-refractivity contribution in [3.05, 3.63) is 71.8 Å². The van der Waals surface area contributed by atoms with Crippen LogP contribution < -0.4 is 5.32 Å². The predicted molar refractivity (Wildman–Crippen MR) is 79.4 cm³/mol. The van der Waals surface area contributed by atoms with E-state index in [-0.39, 0.29) is 18.5 Å². The molecule has 0 aromatic heterocycles. The van der Waals surface area contributed by atoms with Crippen LogP contribution in [0, 0.1) is 0 Å². The van der Waals surface area contributed by atoms with Gasteiger partial charge in [0.15, 0.2) is 0 Å². The number of hydrogen-bond acceptors (Lipinski definition) is 2. The fourth-order valence-electron chi connectivity index (χ4n) is 2.27. The van der Waals surface area contributed by atoms with Gasteiger partial charge in [-0.1, -0.05) is 60.7 Å². The van der Waals surface area contributed by atoms with Gasteiger partial charge in [-0.25, -0.2) is 0 Å². The van der Waals surface area contributed by atoms with Crippen LogP contribution in [0.15, 0.2) is 60.7 Å². The molecule has 0 saturated heterocycles. The van der Waals surface area contributed by atoms with Gasteiger partial charge >= 0.3 is 5.97 Å². The minimum absolute atomic E-state index is 0.0706. The number of carbonyl (C=O) groups is 1. The monoisotopic (exact) mass is 269 g/mol. The van der Waals surface area contributed by atoms with Gasteiger partial charge in [-0.15, -0.1) is 0 Å². The number of rotatable bonds is 6. The van der Waals surface area contributed by atoms with E-state index in [1.165, 1.54) is 0 Å². The SMILES string of the molecule is C[C@@H](N[C@H](CC(=O)O)c1ccccc1)c1ccccc1. The van der Waals surface area contributed by atoms with Crippen molar-refractivity contribution < 1.29 is 9.90 Å². The zero-order valence-corrected chi connectivity index (χ0v) is 11.5. The van der Waals surface area contributed by atoms with Gasteiger partial charge in [-0.3, -0.25) is 4.79 Å². The number of hydrogen-bond donors (Lipinski definition) is 2. The summed E-state index contributed by atoms with van der Waals surface area (Å²) in [6.07, 6.45) is 0.0706. The van der Waals surface area contributed by atoms with Crippen LogP contribution >= 0.6 is 0 Å². The van der Waals surface area contributed by atoms with Gasteiger partial charge < -0.3 is 10.4 Å². The highest BCUT2D eigenvalue weighted by molar-refractivity contribution is 5.68. The Hall–Kier alpha value is -2.13. The first kappa shape index (κ1) is 14.3. The highest BCUT2D eigenvalue weighted by Crippen LogP contribution is 2.22. The summed E-state index contributed by atoms with van der Waals surface area (Å²) in [6, 6.07) is 19.6. The van der Waals surface area contributed by atoms with Crippen molar-refractivity contribution in [1.29, 1.82) is 0 Å². The molecule has 0 fully saturated rings. The third-order valence-corrected chi connectivity index (χ3v) is 3.33. The molecule has 0 bridgehead atoms. The van der Waals surface area contributed by atoms with Crippen molar-refractivity contribution in [3.8, 4) is 0 Å². The minimum Gasteiger partial charge on any atom is -0.481 e. The summed E-state index contributed by atoms with van der Waals surface area (Å²) in [4.78, 5) is 11.1. The van der Waals surface area contributed by atoms with Crippen molar-refractivity contribution in [3.63, 3.8) is 0 Å². The Bertz CT molecular complexity index is 539. The Labute approximate surface area is 119 Å². The topological polar surface area (TPSA) is 49.3 Å². The second kappa shape index (κ2) is 6.87. The van der Waals surface area contributed by atoms with Crippen LogP contribution in [0.3, 0.4) is 0 Å². The molecule has 104 valence electrons. The highest BCUT2D eigenvalue weighted by Gasteiger charge is 2.18. The summed E-state index contributed by atoms with van der Waals surface area (Å²) in [6.45, 7) is 2.05. The van der Waals surface area contributed by atoms with Crippen molar-refractivity contribution in [1.82, 2.24) is 5.32 Å². The van der Waals surface area contributed by atoms with Gasteiger partial charge in [0.1, 0.15) is 0 Å². The van der Waals surface area contributed by atoms with E-state index >= 15 is 0 Å². The molecular weight excluding hydrogens is 250 g/mol. The summed E-state index contributed by atoms with van der Waals surface area (Å²) in [5.74, 6) is -0.799. The summed E-state index contributed by atoms with van der Waals surface area (Å²) >= 11 is 0. The summed E-state index contributed by atoms with van der Waals surface area (Å²) < 4.78 is 0. The van der Waals surface area contributed by atoms with E-state index in [4.69, 9.17) is 5.11 Å². The van der Waals surface area contributed by atoms with Crippen molar-refractivity contribution in [2.75, 3.05) is 0 Å². The van der Waals surface area contributed by atoms with E-state index in [1.54, 1.807) is 0 Å². The first-order chi connectivity index (χ1) is 9.66. The van der Waals surface area contributed by atoms with Gasteiger partial charge in [0.05, 0.1) is 6.42 Å². The van der Waals surface area contributed by atoms with Crippen molar-refractivity contribution in [2.45, 2.75) is 25.4 Å². The summed E-state index contributed by atoms with van der Waals surface area (Å²) in [7, 11) is 0. The molecule has 0 heterocycles. The number of benzene rings is 2. The summed E-state index contributed by atoms with van der Waals surface area (Å²) in [5, 5.41) is 12.5. The fraction of sp³-hybridized carbons (Fsp3) is 0.235. The fourth-order valence-corrected chi connectivity index (χ4v) is 2.27. The summed E-state index contributed by atoms with van der Waals surface area (Å²) in [5.41, 5.74) is 2.15. The Morgan fingerprint density at radius 2 is 1.50 bits per heavy atom. The maximum Gasteiger partial charge on any atom is 0.305 e. The average molecular weight is 269 g/mol. The lowest BCUT2D eigenvalue weighted by Crippen LogP contribution is -2.26. The average Bonchev–Trinajstić information content (AvgIpc) is 2.48. The van der Waals surface area contributed by atoms with Gasteiger partial charge in [0, 0.05) is 12.1 Å². The first-order valence-electron chi connectivity index (χ1n) is 6.74. The molecule has 2 aromatic carbocycles. The zero-order chi connectivity index (χ0) is 14.4. The molecule has 3 nitrogen and oxygen atoms in total. The molecular formula is C17H19NO2. The maximum atomic E-state index is 11.1. The van der Waals surface area contributed by atoms with Crippen molar-refractivity contribution >= 4 is 5.97 Å². The van der Waals surface area contributed by atoms with Gasteiger partial charge in [-0.2, -0.15) is 0 Å². The molecule has 20 heavy (non-hydrogen) atoms. The molecule has 0 aliphatic rings. The standard InChI is InChI=1S/C17H19NO2/c1-13(14-8-4-2-5-9-14)18-16(12-17(19)20)15-10-6-3-7-11-15/h2-11,13,16,18H,12H2,1H3,(H,19,20)/t13-,16-/m1/s1. The van der Waals surface area contributed by atoms with Gasteiger partial charge in [0.2, 0.25) is 0 Å². The zero-order valence-electron chi connectivity index (χ0n) is 11.5. The molecule has 0 aliphatic heterocycles. The molecule has 0 saturated carbocycles. The van der Waals surface area contributed by atoms with E-state index in [1.807, 2.05) is 67.6 Å². The highest BCUT2D eigenvalue weighted by atomic mass is 16.4. The van der Waals surface area contributed by atoms with Crippen LogP contribution in [0.25, 0.3) is 0 Å². The quantitative estimate of drug-likeness (QED) is 0.843. The normalized spacial score (nSPS) is 13.7. The number of nitrogens with one attached hydrogen (secondary N) is 1. The van der Waals surface area contributed by atoms with Gasteiger partial charge in [-0.05, 0) is 18.1 Å². The van der Waals surface area contributed by atoms with Gasteiger partial charge in [0.25, 0.3) is 0 Å². The molecule has 0 spiro atoms. The van der Waals surface area contributed by atoms with Crippen LogP contribution in [-0.2, 0) is 4.79 Å². The molecule has 2 rings (SSSR count). The Morgan fingerprint density at radius 3 is 2.00 bits per heavy atom. The third kappa shape index (κ3) is 3.93. The van der Waals surface area contributed by atoms with Crippen molar-refractivity contribution in [2.24, 2.45) is 0 Å². The first-order valence-corrected chi connectivity index (χ1v) is 6.74. The lowest BCUT2D eigenvalue weighted by Gasteiger charge is -2.23. The van der Waals surface area contributed by atoms with Crippen LogP contribution in [0.1, 0.15) is 36.6 Å². The minimum atomic E-state index is -0.799. The molecule has 0 radical (unpaired) electrons. The number of aliphatic carboxylic acids is 1. The van der Waals surface area contributed by atoms with Crippen LogP contribution in [-0.4, -0.2) is 11.1 Å². The number of carboxylic acid groups (broad SMARTS) is 1. The molecule has 2 atom stereocenters. The Balaban J connectivity index is 2.14.